The Bertz CT molecular complexity index is 591. The summed E-state index contributed by atoms with van der Waals surface area (Å²) in [7, 11) is -3.48. The predicted molar refractivity (Wildman–Crippen MR) is 78.6 cm³/mol. The monoisotopic (exact) mass is 348 g/mol. The van der Waals surface area contributed by atoms with E-state index in [2.05, 4.69) is 15.9 Å². The summed E-state index contributed by atoms with van der Waals surface area (Å²) in [6.07, 6.45) is 1.06. The molecule has 1 rings (SSSR count). The van der Waals surface area contributed by atoms with E-state index in [0.29, 0.717) is 22.4 Å². The maximum Gasteiger partial charge on any atom is 0.183 e. The molecule has 19 heavy (non-hydrogen) atoms. The third-order valence-electron chi connectivity index (χ3n) is 2.97. The molecule has 4 nitrogen and oxygen atoms in total. The number of ether oxygens (including phenoxy) is 1. The normalized spacial score (nSPS) is 12.3. The molecule has 0 bridgehead atoms. The van der Waals surface area contributed by atoms with Crippen molar-refractivity contribution in [3.8, 4) is 5.75 Å². The van der Waals surface area contributed by atoms with Crippen LogP contribution in [0.2, 0.25) is 0 Å². The Morgan fingerprint density at radius 2 is 1.95 bits per heavy atom. The van der Waals surface area contributed by atoms with Crippen molar-refractivity contribution in [1.82, 2.24) is 0 Å². The number of hydrogen-bond donors (Lipinski definition) is 0. The van der Waals surface area contributed by atoms with E-state index in [9.17, 15) is 13.2 Å². The number of carbonyl (C=O) groups excluding carboxylic acids is 1. The van der Waals surface area contributed by atoms with Crippen molar-refractivity contribution in [1.29, 1.82) is 0 Å². The van der Waals surface area contributed by atoms with Crippen LogP contribution in [0.5, 0.6) is 5.75 Å². The molecular formula is C13H17BrO4S. The molecule has 0 aliphatic heterocycles. The highest BCUT2D eigenvalue weighted by Crippen LogP contribution is 2.29. The molecule has 0 unspecified atom stereocenters. The molecule has 0 saturated carbocycles. The summed E-state index contributed by atoms with van der Waals surface area (Å²) < 4.78 is 27.9. The first-order chi connectivity index (χ1) is 8.61. The number of hydrogen-bond acceptors (Lipinski definition) is 4. The molecule has 0 amide bonds. The van der Waals surface area contributed by atoms with E-state index in [1.165, 1.54) is 13.8 Å². The van der Waals surface area contributed by atoms with Crippen LogP contribution in [-0.2, 0) is 9.84 Å². The van der Waals surface area contributed by atoms with Crippen LogP contribution >= 0.6 is 15.9 Å². The summed E-state index contributed by atoms with van der Waals surface area (Å²) in [6.45, 7) is 5.20. The molecule has 0 atom stereocenters. The number of Topliss-reactive ketones (excluding diaryl/α,β-unsaturated/α-hetero) is 1. The summed E-state index contributed by atoms with van der Waals surface area (Å²) in [5, 5.41) is 0. The third kappa shape index (κ3) is 3.36. The Balaban J connectivity index is 3.19. The Morgan fingerprint density at radius 1 is 1.37 bits per heavy atom. The van der Waals surface area contributed by atoms with Gasteiger partial charge >= 0.3 is 0 Å². The van der Waals surface area contributed by atoms with Crippen LogP contribution in [0.3, 0.4) is 0 Å². The number of benzene rings is 1. The van der Waals surface area contributed by atoms with Crippen LogP contribution in [0.25, 0.3) is 0 Å². The fraction of sp³-hybridized carbons (Fsp3) is 0.462. The molecule has 1 aromatic rings. The number of ketones is 1. The highest BCUT2D eigenvalue weighted by atomic mass is 79.9. The number of carbonyl (C=O) groups is 1. The van der Waals surface area contributed by atoms with Crippen LogP contribution in [0, 0.1) is 0 Å². The molecule has 0 N–H and O–H groups in total. The number of sulfone groups is 1. The summed E-state index contributed by atoms with van der Waals surface area (Å²) in [6, 6.07) is 4.81. The minimum Gasteiger partial charge on any atom is -0.493 e. The summed E-state index contributed by atoms with van der Waals surface area (Å²) in [5.74, 6) is 0.190. The average Bonchev–Trinajstić information content (AvgIpc) is 2.29. The maximum atomic E-state index is 12.3. The summed E-state index contributed by atoms with van der Waals surface area (Å²) in [4.78, 5) is 12.3. The molecule has 6 heteroatoms. The van der Waals surface area contributed by atoms with Crippen molar-refractivity contribution >= 4 is 31.6 Å². The zero-order valence-corrected chi connectivity index (χ0v) is 13.8. The highest BCUT2D eigenvalue weighted by molar-refractivity contribution is 9.10. The van der Waals surface area contributed by atoms with Gasteiger partial charge in [0.25, 0.3) is 0 Å². The topological polar surface area (TPSA) is 60.4 Å². The first-order valence-corrected chi connectivity index (χ1v) is 8.46. The second kappa shape index (κ2) is 5.63. The van der Waals surface area contributed by atoms with Gasteiger partial charge in [-0.25, -0.2) is 8.42 Å². The molecular weight excluding hydrogens is 332 g/mol. The van der Waals surface area contributed by atoms with Gasteiger partial charge in [-0.1, -0.05) is 0 Å². The molecule has 106 valence electrons. The lowest BCUT2D eigenvalue weighted by Crippen LogP contribution is -2.39. The molecule has 0 aliphatic carbocycles. The van der Waals surface area contributed by atoms with Gasteiger partial charge in [0.2, 0.25) is 0 Å². The van der Waals surface area contributed by atoms with Gasteiger partial charge in [0.05, 0.1) is 11.1 Å². The minimum atomic E-state index is -3.48. The van der Waals surface area contributed by atoms with Crippen LogP contribution < -0.4 is 4.74 Å². The molecule has 0 fully saturated rings. The lowest BCUT2D eigenvalue weighted by molar-refractivity contribution is 0.0954. The fourth-order valence-corrected chi connectivity index (χ4v) is 2.38. The van der Waals surface area contributed by atoms with Gasteiger partial charge < -0.3 is 4.74 Å². The second-order valence-electron chi connectivity index (χ2n) is 4.69. The minimum absolute atomic E-state index is 0.339. The molecule has 1 aromatic carbocycles. The van der Waals surface area contributed by atoms with Crippen LogP contribution in [0.1, 0.15) is 31.1 Å². The Morgan fingerprint density at radius 3 is 2.37 bits per heavy atom. The third-order valence-corrected chi connectivity index (χ3v) is 5.63. The van der Waals surface area contributed by atoms with Crippen LogP contribution in [0.4, 0.5) is 0 Å². The van der Waals surface area contributed by atoms with E-state index in [0.717, 1.165) is 6.26 Å². The second-order valence-corrected chi connectivity index (χ2v) is 8.11. The van der Waals surface area contributed by atoms with Gasteiger partial charge in [0.1, 0.15) is 10.5 Å². The lowest BCUT2D eigenvalue weighted by Gasteiger charge is -2.21. The zero-order chi connectivity index (χ0) is 14.8. The average molecular weight is 349 g/mol. The fourth-order valence-electron chi connectivity index (χ4n) is 1.43. The zero-order valence-electron chi connectivity index (χ0n) is 11.4. The van der Waals surface area contributed by atoms with E-state index in [4.69, 9.17) is 4.74 Å². The van der Waals surface area contributed by atoms with E-state index in [1.54, 1.807) is 18.2 Å². The largest absolute Gasteiger partial charge is 0.493 e. The summed E-state index contributed by atoms with van der Waals surface area (Å²) in [5.41, 5.74) is 0.339. The first-order valence-electron chi connectivity index (χ1n) is 5.78. The van der Waals surface area contributed by atoms with Crippen LogP contribution in [-0.4, -0.2) is 31.8 Å². The van der Waals surface area contributed by atoms with E-state index in [-0.39, 0.29) is 0 Å². The maximum absolute atomic E-state index is 12.3. The van der Waals surface area contributed by atoms with Gasteiger partial charge in [-0.15, -0.1) is 0 Å². The van der Waals surface area contributed by atoms with Crippen molar-refractivity contribution in [2.24, 2.45) is 0 Å². The van der Waals surface area contributed by atoms with Gasteiger partial charge in [0, 0.05) is 11.8 Å². The van der Waals surface area contributed by atoms with Gasteiger partial charge in [-0.2, -0.15) is 0 Å². The predicted octanol–water partition coefficient (Wildman–Crippen LogP) is 2.85. The molecule has 0 radical (unpaired) electrons. The quantitative estimate of drug-likeness (QED) is 0.767. The Hall–Kier alpha value is -0.880. The molecule has 0 aliphatic rings. The molecule has 0 saturated heterocycles. The molecule has 0 heterocycles. The van der Waals surface area contributed by atoms with Gasteiger partial charge in [-0.3, -0.25) is 4.79 Å². The van der Waals surface area contributed by atoms with Crippen LogP contribution in [0.15, 0.2) is 22.7 Å². The molecule has 0 aromatic heterocycles. The number of halogens is 1. The van der Waals surface area contributed by atoms with Gasteiger partial charge in [0.15, 0.2) is 15.6 Å². The van der Waals surface area contributed by atoms with E-state index < -0.39 is 20.4 Å². The summed E-state index contributed by atoms with van der Waals surface area (Å²) >= 11 is 3.31. The van der Waals surface area contributed by atoms with Crippen molar-refractivity contribution < 1.29 is 17.9 Å². The van der Waals surface area contributed by atoms with Crippen molar-refractivity contribution in [2.45, 2.75) is 25.5 Å². The smallest absolute Gasteiger partial charge is 0.183 e. The van der Waals surface area contributed by atoms with Crippen molar-refractivity contribution in [2.75, 3.05) is 12.9 Å². The molecule has 0 spiro atoms. The SMILES string of the molecule is CCOc1ccc(C(=O)C(C)(C)S(C)(=O)=O)cc1Br. The first kappa shape index (κ1) is 16.2. The number of rotatable bonds is 5. The van der Waals surface area contributed by atoms with Crippen molar-refractivity contribution in [3.05, 3.63) is 28.2 Å². The van der Waals surface area contributed by atoms with Crippen molar-refractivity contribution in [3.63, 3.8) is 0 Å². The van der Waals surface area contributed by atoms with E-state index >= 15 is 0 Å². The van der Waals surface area contributed by atoms with Gasteiger partial charge in [-0.05, 0) is 54.9 Å². The lowest BCUT2D eigenvalue weighted by atomic mass is 10.0. The Labute approximate surface area is 122 Å². The standard InChI is InChI=1S/C13H17BrO4S/c1-5-18-11-7-6-9(8-10(11)14)12(15)13(2,3)19(4,16)17/h6-8H,5H2,1-4H3. The highest BCUT2D eigenvalue weighted by Gasteiger charge is 2.38. The van der Waals surface area contributed by atoms with E-state index in [1.807, 2.05) is 6.92 Å². The Kier molecular flexibility index (Phi) is 4.79.